The van der Waals surface area contributed by atoms with Gasteiger partial charge in [-0.15, -0.1) is 0 Å². The van der Waals surface area contributed by atoms with E-state index in [0.29, 0.717) is 0 Å². The summed E-state index contributed by atoms with van der Waals surface area (Å²) in [6.45, 7) is 8.60. The van der Waals surface area contributed by atoms with Crippen molar-refractivity contribution in [2.45, 2.75) is 34.1 Å². The minimum absolute atomic E-state index is 0.829. The Bertz CT molecular complexity index is 2820. The van der Waals surface area contributed by atoms with Crippen LogP contribution in [0.1, 0.15) is 36.2 Å². The minimum Gasteiger partial charge on any atom is -0.312 e. The van der Waals surface area contributed by atoms with Crippen LogP contribution in [0.2, 0.25) is 0 Å². The number of nitrogens with zero attached hydrogens (tertiary/aromatic N) is 3. The molecular weight excluding hydrogens is 607 g/mol. The molecule has 1 aliphatic rings. The van der Waals surface area contributed by atoms with Crippen LogP contribution in [0.25, 0.3) is 77.7 Å². The van der Waals surface area contributed by atoms with E-state index in [4.69, 9.17) is 0 Å². The SMILES string of the molecule is C/C=C/C=C\C(=C/C)n1c2c(c3c1c1c4ccccc4n(-c4cccc(C)c4)c1c1c4ccccc4n(-c4cccc(C)c4)c31)C=CC=CC2. The molecule has 5 aromatic carbocycles. The number of aromatic nitrogens is 3. The first kappa shape index (κ1) is 30.0. The van der Waals surface area contributed by atoms with E-state index in [0.717, 1.165) is 12.1 Å². The van der Waals surface area contributed by atoms with Crippen molar-refractivity contribution in [1.29, 1.82) is 0 Å². The molecule has 0 N–H and O–H groups in total. The quantitative estimate of drug-likeness (QED) is 0.165. The van der Waals surface area contributed by atoms with E-state index in [1.165, 1.54) is 88.3 Å². The van der Waals surface area contributed by atoms with Gasteiger partial charge in [0.05, 0.1) is 27.6 Å². The Balaban J connectivity index is 1.66. The standard InChI is InChI=1S/C47H39N3/c1-5-7-9-20-33(6-2)48-39-26-11-8-10-23-36(39)42-45(48)43-37-24-12-14-27-40(37)49(34-21-16-18-31(3)29-34)47(43)44-38-25-13-15-28-41(38)50(46(42)44)35-22-17-19-32(4)30-35/h5-25,27-30H,26H2,1-4H3/b7-5+,20-9-,33-6+. The first-order valence-corrected chi connectivity index (χ1v) is 17.6. The number of hydrogen-bond acceptors (Lipinski definition) is 0. The Kier molecular flexibility index (Phi) is 7.10. The zero-order valence-electron chi connectivity index (χ0n) is 29.0. The third-order valence-corrected chi connectivity index (χ3v) is 10.2. The number of benzene rings is 5. The van der Waals surface area contributed by atoms with Crippen LogP contribution in [0.4, 0.5) is 0 Å². The number of para-hydroxylation sites is 2. The van der Waals surface area contributed by atoms with Gasteiger partial charge in [0.2, 0.25) is 0 Å². The average Bonchev–Trinajstić information content (AvgIpc) is 3.68. The molecule has 0 bridgehead atoms. The Morgan fingerprint density at radius 2 is 1.22 bits per heavy atom. The topological polar surface area (TPSA) is 14.8 Å². The van der Waals surface area contributed by atoms with E-state index in [2.05, 4.69) is 193 Å². The number of fused-ring (bicyclic) bond motifs is 12. The lowest BCUT2D eigenvalue weighted by atomic mass is 10.0. The van der Waals surface area contributed by atoms with E-state index in [1.54, 1.807) is 0 Å². The molecule has 1 aliphatic carbocycles. The summed E-state index contributed by atoms with van der Waals surface area (Å²) in [6.07, 6.45) is 20.7. The number of aryl methyl sites for hydroxylation is 2. The lowest BCUT2D eigenvalue weighted by Crippen LogP contribution is -2.01. The molecule has 0 saturated heterocycles. The second-order valence-electron chi connectivity index (χ2n) is 13.3. The molecule has 3 heteroatoms. The van der Waals surface area contributed by atoms with Crippen LogP contribution in [0.3, 0.4) is 0 Å². The molecule has 0 unspecified atom stereocenters. The van der Waals surface area contributed by atoms with Gasteiger partial charge in [0.15, 0.2) is 0 Å². The summed E-state index contributed by atoms with van der Waals surface area (Å²) >= 11 is 0. The van der Waals surface area contributed by atoms with Crippen molar-refractivity contribution in [2.24, 2.45) is 0 Å². The summed E-state index contributed by atoms with van der Waals surface area (Å²) in [7, 11) is 0. The van der Waals surface area contributed by atoms with Gasteiger partial charge in [-0.05, 0) is 81.3 Å². The van der Waals surface area contributed by atoms with Gasteiger partial charge in [-0.2, -0.15) is 0 Å². The number of rotatable bonds is 5. The predicted octanol–water partition coefficient (Wildman–Crippen LogP) is 12.6. The molecule has 0 fully saturated rings. The smallest absolute Gasteiger partial charge is 0.0663 e. The van der Waals surface area contributed by atoms with Crippen molar-refractivity contribution in [2.75, 3.05) is 0 Å². The number of allylic oxidation sites excluding steroid dienone is 9. The van der Waals surface area contributed by atoms with Gasteiger partial charge in [0.25, 0.3) is 0 Å². The summed E-state index contributed by atoms with van der Waals surface area (Å²) in [4.78, 5) is 0. The lowest BCUT2D eigenvalue weighted by molar-refractivity contribution is 1.03. The highest BCUT2D eigenvalue weighted by molar-refractivity contribution is 6.37. The molecule has 50 heavy (non-hydrogen) atoms. The Morgan fingerprint density at radius 3 is 1.82 bits per heavy atom. The highest BCUT2D eigenvalue weighted by atomic mass is 15.1. The molecule has 3 nitrogen and oxygen atoms in total. The molecule has 3 heterocycles. The van der Waals surface area contributed by atoms with E-state index >= 15 is 0 Å². The van der Waals surface area contributed by atoms with Gasteiger partial charge in [0, 0.05) is 61.7 Å². The van der Waals surface area contributed by atoms with E-state index in [-0.39, 0.29) is 0 Å². The third-order valence-electron chi connectivity index (χ3n) is 10.2. The molecule has 0 aliphatic heterocycles. The van der Waals surface area contributed by atoms with Crippen LogP contribution in [0.5, 0.6) is 0 Å². The van der Waals surface area contributed by atoms with Gasteiger partial charge >= 0.3 is 0 Å². The highest BCUT2D eigenvalue weighted by Crippen LogP contribution is 2.50. The zero-order valence-corrected chi connectivity index (χ0v) is 29.0. The maximum absolute atomic E-state index is 2.55. The maximum atomic E-state index is 2.55. The molecule has 0 saturated carbocycles. The number of hydrogen-bond donors (Lipinski definition) is 0. The summed E-state index contributed by atoms with van der Waals surface area (Å²) < 4.78 is 7.60. The van der Waals surface area contributed by atoms with Crippen molar-refractivity contribution in [3.05, 3.63) is 168 Å². The fourth-order valence-electron chi connectivity index (χ4n) is 8.26. The normalized spacial score (nSPS) is 13.7. The second-order valence-corrected chi connectivity index (χ2v) is 13.3. The fourth-order valence-corrected chi connectivity index (χ4v) is 8.26. The largest absolute Gasteiger partial charge is 0.312 e. The Morgan fingerprint density at radius 1 is 0.620 bits per heavy atom. The van der Waals surface area contributed by atoms with E-state index in [9.17, 15) is 0 Å². The highest BCUT2D eigenvalue weighted by Gasteiger charge is 2.30. The monoisotopic (exact) mass is 645 g/mol. The minimum atomic E-state index is 0.829. The molecule has 0 atom stereocenters. The third kappa shape index (κ3) is 4.36. The first-order chi connectivity index (χ1) is 24.6. The van der Waals surface area contributed by atoms with Gasteiger partial charge in [-0.25, -0.2) is 0 Å². The Hall–Kier alpha value is -6.06. The molecule has 0 amide bonds. The average molecular weight is 646 g/mol. The van der Waals surface area contributed by atoms with Gasteiger partial charge in [0.1, 0.15) is 0 Å². The van der Waals surface area contributed by atoms with E-state index < -0.39 is 0 Å². The van der Waals surface area contributed by atoms with Gasteiger partial charge in [-0.1, -0.05) is 109 Å². The fraction of sp³-hybridized carbons (Fsp3) is 0.106. The lowest BCUT2D eigenvalue weighted by Gasteiger charge is -2.15. The second kappa shape index (κ2) is 11.8. The van der Waals surface area contributed by atoms with E-state index in [1.807, 2.05) is 0 Å². The molecule has 242 valence electrons. The Labute approximate surface area is 292 Å². The summed E-state index contributed by atoms with van der Waals surface area (Å²) in [6, 6.07) is 35.9. The zero-order chi connectivity index (χ0) is 33.9. The van der Waals surface area contributed by atoms with Crippen LogP contribution in [0.15, 0.2) is 146 Å². The van der Waals surface area contributed by atoms with Crippen molar-refractivity contribution < 1.29 is 0 Å². The van der Waals surface area contributed by atoms with Crippen molar-refractivity contribution in [3.63, 3.8) is 0 Å². The van der Waals surface area contributed by atoms with Gasteiger partial charge < -0.3 is 13.7 Å². The van der Waals surface area contributed by atoms with Crippen molar-refractivity contribution >= 4 is 66.3 Å². The molecular formula is C47H39N3. The molecule has 0 spiro atoms. The van der Waals surface area contributed by atoms with Crippen molar-refractivity contribution in [3.8, 4) is 11.4 Å². The van der Waals surface area contributed by atoms with Crippen molar-refractivity contribution in [1.82, 2.24) is 13.7 Å². The summed E-state index contributed by atoms with van der Waals surface area (Å²) in [5, 5.41) is 6.35. The van der Waals surface area contributed by atoms with Crippen LogP contribution in [0, 0.1) is 13.8 Å². The summed E-state index contributed by atoms with van der Waals surface area (Å²) in [5.41, 5.74) is 14.7. The molecule has 3 aromatic heterocycles. The summed E-state index contributed by atoms with van der Waals surface area (Å²) in [5.74, 6) is 0. The van der Waals surface area contributed by atoms with Crippen LogP contribution >= 0.6 is 0 Å². The van der Waals surface area contributed by atoms with Crippen LogP contribution in [-0.2, 0) is 6.42 Å². The molecule has 0 radical (unpaired) electrons. The van der Waals surface area contributed by atoms with Gasteiger partial charge in [-0.3, -0.25) is 0 Å². The molecule has 9 rings (SSSR count). The van der Waals surface area contributed by atoms with Crippen LogP contribution in [-0.4, -0.2) is 13.7 Å². The van der Waals surface area contributed by atoms with Crippen LogP contribution < -0.4 is 0 Å². The molecule has 8 aromatic rings. The first-order valence-electron chi connectivity index (χ1n) is 17.6. The predicted molar refractivity (Wildman–Crippen MR) is 216 cm³/mol. The maximum Gasteiger partial charge on any atom is 0.0663 e.